The van der Waals surface area contributed by atoms with Crippen LogP contribution in [0.5, 0.6) is 0 Å². The molecule has 0 aliphatic heterocycles. The molecule has 0 aromatic carbocycles. The lowest BCUT2D eigenvalue weighted by Gasteiger charge is -2.33. The summed E-state index contributed by atoms with van der Waals surface area (Å²) in [7, 11) is 0. The number of esters is 2. The van der Waals surface area contributed by atoms with E-state index in [9.17, 15) is 9.59 Å². The highest BCUT2D eigenvalue weighted by Crippen LogP contribution is 2.37. The van der Waals surface area contributed by atoms with Gasteiger partial charge in [0.15, 0.2) is 0 Å². The van der Waals surface area contributed by atoms with Crippen LogP contribution in [-0.2, 0) is 19.1 Å². The molecule has 0 spiro atoms. The second kappa shape index (κ2) is 14.6. The number of rotatable bonds is 14. The number of carbonyl (C=O) groups excluding carboxylic acids is 2. The SMILES string of the molecule is CCCCC(CC)COC(=O)C1CC=C(C)C(C)C1C(=O)OCC(CC)CCCC. The predicted octanol–water partition coefficient (Wildman–Crippen LogP) is 6.72. The van der Waals surface area contributed by atoms with Crippen molar-refractivity contribution >= 4 is 11.9 Å². The first-order chi connectivity index (χ1) is 14.4. The van der Waals surface area contributed by atoms with Crippen LogP contribution >= 0.6 is 0 Å². The summed E-state index contributed by atoms with van der Waals surface area (Å²) < 4.78 is 11.5. The number of ether oxygens (including phenoxy) is 2. The molecule has 0 radical (unpaired) electrons. The van der Waals surface area contributed by atoms with Crippen LogP contribution in [0.25, 0.3) is 0 Å². The molecule has 5 atom stereocenters. The van der Waals surface area contributed by atoms with Crippen molar-refractivity contribution < 1.29 is 19.1 Å². The Kier molecular flexibility index (Phi) is 13.0. The fraction of sp³-hybridized carbons (Fsp3) is 0.846. The second-order valence-corrected chi connectivity index (χ2v) is 9.20. The minimum absolute atomic E-state index is 0.00146. The minimum Gasteiger partial charge on any atom is -0.465 e. The van der Waals surface area contributed by atoms with Crippen molar-refractivity contribution in [1.29, 1.82) is 0 Å². The highest BCUT2D eigenvalue weighted by atomic mass is 16.5. The van der Waals surface area contributed by atoms with E-state index in [0.717, 1.165) is 56.9 Å². The zero-order valence-electron chi connectivity index (χ0n) is 20.4. The van der Waals surface area contributed by atoms with E-state index >= 15 is 0 Å². The van der Waals surface area contributed by atoms with Crippen LogP contribution in [0.15, 0.2) is 11.6 Å². The molecular formula is C26H46O4. The molecule has 174 valence electrons. The Labute approximate surface area is 185 Å². The molecule has 30 heavy (non-hydrogen) atoms. The van der Waals surface area contributed by atoms with E-state index in [0.29, 0.717) is 31.5 Å². The number of allylic oxidation sites excluding steroid dienone is 2. The Morgan fingerprint density at radius 2 is 1.43 bits per heavy atom. The van der Waals surface area contributed by atoms with Gasteiger partial charge in [-0.25, -0.2) is 0 Å². The van der Waals surface area contributed by atoms with Crippen LogP contribution < -0.4 is 0 Å². The Morgan fingerprint density at radius 1 is 0.933 bits per heavy atom. The molecular weight excluding hydrogens is 376 g/mol. The van der Waals surface area contributed by atoms with E-state index in [1.54, 1.807) is 0 Å². The van der Waals surface area contributed by atoms with Gasteiger partial charge >= 0.3 is 11.9 Å². The van der Waals surface area contributed by atoms with Crippen molar-refractivity contribution in [2.75, 3.05) is 13.2 Å². The van der Waals surface area contributed by atoms with Crippen molar-refractivity contribution in [3.8, 4) is 0 Å². The van der Waals surface area contributed by atoms with Crippen LogP contribution in [0.1, 0.15) is 99.3 Å². The van der Waals surface area contributed by atoms with Crippen molar-refractivity contribution in [1.82, 2.24) is 0 Å². The van der Waals surface area contributed by atoms with Crippen molar-refractivity contribution in [3.05, 3.63) is 11.6 Å². The van der Waals surface area contributed by atoms with Gasteiger partial charge in [0.1, 0.15) is 0 Å². The topological polar surface area (TPSA) is 52.6 Å². The van der Waals surface area contributed by atoms with E-state index in [-0.39, 0.29) is 17.9 Å². The third kappa shape index (κ3) is 8.43. The molecule has 0 fully saturated rings. The van der Waals surface area contributed by atoms with E-state index < -0.39 is 11.8 Å². The first-order valence-electron chi connectivity index (χ1n) is 12.4. The first kappa shape index (κ1) is 26.7. The fourth-order valence-electron chi connectivity index (χ4n) is 4.29. The molecule has 5 unspecified atom stereocenters. The third-order valence-corrected chi connectivity index (χ3v) is 6.97. The maximum absolute atomic E-state index is 13.0. The Bertz CT molecular complexity index is 539. The van der Waals surface area contributed by atoms with Gasteiger partial charge in [-0.3, -0.25) is 9.59 Å². The maximum atomic E-state index is 13.0. The van der Waals surface area contributed by atoms with Crippen LogP contribution in [0.3, 0.4) is 0 Å². The largest absolute Gasteiger partial charge is 0.465 e. The normalized spacial score (nSPS) is 23.4. The molecule has 0 bridgehead atoms. The van der Waals surface area contributed by atoms with Gasteiger partial charge in [0.2, 0.25) is 0 Å². The fourth-order valence-corrected chi connectivity index (χ4v) is 4.29. The zero-order valence-corrected chi connectivity index (χ0v) is 20.4. The molecule has 4 nitrogen and oxygen atoms in total. The summed E-state index contributed by atoms with van der Waals surface area (Å²) in [6.45, 7) is 13.6. The summed E-state index contributed by atoms with van der Waals surface area (Å²) >= 11 is 0. The number of hydrogen-bond acceptors (Lipinski definition) is 4. The van der Waals surface area contributed by atoms with Gasteiger partial charge in [-0.2, -0.15) is 0 Å². The number of hydrogen-bond donors (Lipinski definition) is 0. The van der Waals surface area contributed by atoms with Gasteiger partial charge in [-0.15, -0.1) is 0 Å². The molecule has 0 aromatic heterocycles. The van der Waals surface area contributed by atoms with Crippen molar-refractivity contribution in [3.63, 3.8) is 0 Å². The predicted molar refractivity (Wildman–Crippen MR) is 123 cm³/mol. The van der Waals surface area contributed by atoms with Crippen LogP contribution in [0.2, 0.25) is 0 Å². The molecule has 0 saturated heterocycles. The Morgan fingerprint density at radius 3 is 1.90 bits per heavy atom. The van der Waals surface area contributed by atoms with E-state index in [2.05, 4.69) is 33.8 Å². The van der Waals surface area contributed by atoms with Gasteiger partial charge in [-0.1, -0.05) is 84.8 Å². The summed E-state index contributed by atoms with van der Waals surface area (Å²) in [5.41, 5.74) is 1.16. The average molecular weight is 423 g/mol. The lowest BCUT2D eigenvalue weighted by molar-refractivity contribution is -0.164. The van der Waals surface area contributed by atoms with Gasteiger partial charge in [0.05, 0.1) is 25.0 Å². The maximum Gasteiger partial charge on any atom is 0.310 e. The first-order valence-corrected chi connectivity index (χ1v) is 12.4. The minimum atomic E-state index is -0.443. The molecule has 0 amide bonds. The molecule has 0 heterocycles. The number of unbranched alkanes of at least 4 members (excludes halogenated alkanes) is 2. The van der Waals surface area contributed by atoms with Gasteiger partial charge < -0.3 is 9.47 Å². The van der Waals surface area contributed by atoms with Crippen molar-refractivity contribution in [2.45, 2.75) is 99.3 Å². The van der Waals surface area contributed by atoms with Crippen LogP contribution in [0, 0.1) is 29.6 Å². The quantitative estimate of drug-likeness (QED) is 0.230. The molecule has 0 aromatic rings. The zero-order chi connectivity index (χ0) is 22.5. The summed E-state index contributed by atoms with van der Waals surface area (Å²) in [5, 5.41) is 0. The Balaban J connectivity index is 2.75. The lowest BCUT2D eigenvalue weighted by Crippen LogP contribution is -2.40. The van der Waals surface area contributed by atoms with Crippen molar-refractivity contribution in [2.24, 2.45) is 29.6 Å². The molecule has 1 aliphatic rings. The second-order valence-electron chi connectivity index (χ2n) is 9.20. The highest BCUT2D eigenvalue weighted by Gasteiger charge is 2.42. The molecule has 0 N–H and O–H groups in total. The van der Waals surface area contributed by atoms with Crippen LogP contribution in [0.4, 0.5) is 0 Å². The van der Waals surface area contributed by atoms with Gasteiger partial charge in [0.25, 0.3) is 0 Å². The number of carbonyl (C=O) groups is 2. The van der Waals surface area contributed by atoms with E-state index in [4.69, 9.17) is 9.47 Å². The summed E-state index contributed by atoms with van der Waals surface area (Å²) in [4.78, 5) is 26.0. The average Bonchev–Trinajstić information content (AvgIpc) is 2.75. The molecule has 1 rings (SSSR count). The standard InChI is InChI=1S/C26H46O4/c1-7-11-13-21(9-3)17-29-25(27)23-16-15-19(5)20(6)24(23)26(28)30-18-22(10-4)14-12-8-2/h15,20-24H,7-14,16-18H2,1-6H3. The van der Waals surface area contributed by atoms with Gasteiger partial charge in [0, 0.05) is 0 Å². The summed E-state index contributed by atoms with van der Waals surface area (Å²) in [5.74, 6) is -0.537. The van der Waals surface area contributed by atoms with E-state index in [1.807, 2.05) is 13.8 Å². The summed E-state index contributed by atoms with van der Waals surface area (Å²) in [6, 6.07) is 0. The smallest absolute Gasteiger partial charge is 0.310 e. The highest BCUT2D eigenvalue weighted by molar-refractivity contribution is 5.83. The molecule has 0 saturated carbocycles. The summed E-state index contributed by atoms with van der Waals surface area (Å²) in [6.07, 6.45) is 11.5. The Hall–Kier alpha value is -1.32. The van der Waals surface area contributed by atoms with Gasteiger partial charge in [-0.05, 0) is 43.9 Å². The van der Waals surface area contributed by atoms with Crippen LogP contribution in [-0.4, -0.2) is 25.2 Å². The lowest BCUT2D eigenvalue weighted by atomic mass is 9.73. The van der Waals surface area contributed by atoms with E-state index in [1.165, 1.54) is 0 Å². The monoisotopic (exact) mass is 422 g/mol. The molecule has 4 heteroatoms. The molecule has 1 aliphatic carbocycles. The third-order valence-electron chi connectivity index (χ3n) is 6.97.